The molecule has 0 aliphatic heterocycles. The van der Waals surface area contributed by atoms with E-state index in [1.807, 2.05) is 6.07 Å². The summed E-state index contributed by atoms with van der Waals surface area (Å²) in [6.07, 6.45) is 0. The average Bonchev–Trinajstić information content (AvgIpc) is 2.67. The van der Waals surface area contributed by atoms with Crippen LogP contribution in [0.1, 0.15) is 23.1 Å². The molecule has 3 aromatic rings. The molecule has 0 aliphatic rings. The van der Waals surface area contributed by atoms with E-state index in [1.54, 1.807) is 24.3 Å². The van der Waals surface area contributed by atoms with Gasteiger partial charge >= 0.3 is 5.97 Å². The molecule has 0 atom stereocenters. The molecule has 0 bridgehead atoms. The first-order valence-electron chi connectivity index (χ1n) is 8.12. The van der Waals surface area contributed by atoms with Crippen molar-refractivity contribution in [3.8, 4) is 5.75 Å². The summed E-state index contributed by atoms with van der Waals surface area (Å²) >= 11 is 11.9. The van der Waals surface area contributed by atoms with Crippen molar-refractivity contribution in [2.45, 2.75) is 13.5 Å². The molecule has 0 unspecified atom stereocenters. The number of Topliss-reactive ketones (excluding diaryl/α,β-unsaturated/α-hetero) is 1. The van der Waals surface area contributed by atoms with Crippen molar-refractivity contribution in [3.63, 3.8) is 0 Å². The van der Waals surface area contributed by atoms with Gasteiger partial charge in [0.1, 0.15) is 17.9 Å². The number of nitrogens with zero attached hydrogens (tertiary/aromatic N) is 2. The molecule has 0 radical (unpaired) electrons. The van der Waals surface area contributed by atoms with Crippen LogP contribution < -0.4 is 9.47 Å². The molecule has 0 amide bonds. The van der Waals surface area contributed by atoms with Gasteiger partial charge in [-0.2, -0.15) is 4.73 Å². The third-order valence-electron chi connectivity index (χ3n) is 3.77. The minimum Gasteiger partial charge on any atom is -0.618 e. The number of aromatic nitrogens is 2. The second-order valence-corrected chi connectivity index (χ2v) is 6.59. The second-order valence-electron chi connectivity index (χ2n) is 5.78. The zero-order chi connectivity index (χ0) is 20.3. The van der Waals surface area contributed by atoms with E-state index in [9.17, 15) is 14.8 Å². The Kier molecular flexibility index (Phi) is 5.96. The molecule has 144 valence electrons. The first-order chi connectivity index (χ1) is 13.4. The van der Waals surface area contributed by atoms with Crippen LogP contribution in [0.2, 0.25) is 10.0 Å². The van der Waals surface area contributed by atoms with Crippen molar-refractivity contribution in [3.05, 3.63) is 69.1 Å². The van der Waals surface area contributed by atoms with Gasteiger partial charge in [0, 0.05) is 13.0 Å². The number of carbonyl (C=O) groups excluding carboxylic acids is 2. The maximum Gasteiger partial charge on any atom is 0.344 e. The predicted octanol–water partition coefficient (Wildman–Crippen LogP) is 3.50. The lowest BCUT2D eigenvalue weighted by atomic mass is 10.2. The summed E-state index contributed by atoms with van der Waals surface area (Å²) in [5, 5.41) is 13.0. The first-order valence-corrected chi connectivity index (χ1v) is 8.88. The van der Waals surface area contributed by atoms with Gasteiger partial charge in [0.25, 0.3) is 5.69 Å². The molecule has 1 heterocycles. The number of benzene rings is 2. The third kappa shape index (κ3) is 4.32. The lowest BCUT2D eigenvalue weighted by molar-refractivity contribution is -0.580. The molecule has 9 heteroatoms. The Balaban J connectivity index is 1.81. The monoisotopic (exact) mass is 420 g/mol. The summed E-state index contributed by atoms with van der Waals surface area (Å²) < 4.78 is 10.8. The molecular formula is C19H14Cl2N2O5. The molecular weight excluding hydrogens is 407 g/mol. The first kappa shape index (κ1) is 19.9. The lowest BCUT2D eigenvalue weighted by Crippen LogP contribution is -2.37. The number of fused-ring (bicyclic) bond motifs is 1. The van der Waals surface area contributed by atoms with Crippen LogP contribution >= 0.6 is 23.2 Å². The van der Waals surface area contributed by atoms with E-state index in [-0.39, 0.29) is 45.7 Å². The Morgan fingerprint density at radius 2 is 1.82 bits per heavy atom. The van der Waals surface area contributed by atoms with E-state index in [2.05, 4.69) is 4.98 Å². The maximum absolute atomic E-state index is 12.6. The number of esters is 1. The van der Waals surface area contributed by atoms with E-state index in [0.717, 1.165) is 0 Å². The fraction of sp³-hybridized carbons (Fsp3) is 0.158. The normalized spacial score (nSPS) is 10.7. The van der Waals surface area contributed by atoms with Gasteiger partial charge < -0.3 is 14.7 Å². The number of hydrogen-bond donors (Lipinski definition) is 0. The van der Waals surface area contributed by atoms with Gasteiger partial charge in [-0.15, -0.1) is 0 Å². The average molecular weight is 421 g/mol. The molecule has 3 rings (SSSR count). The largest absolute Gasteiger partial charge is 0.618 e. The molecule has 0 fully saturated rings. The summed E-state index contributed by atoms with van der Waals surface area (Å²) in [6, 6.07) is 11.5. The molecule has 0 saturated carbocycles. The number of hydrogen-bond acceptors (Lipinski definition) is 6. The Hall–Kier alpha value is -2.90. The van der Waals surface area contributed by atoms with E-state index in [1.165, 1.54) is 19.1 Å². The number of ether oxygens (including phenoxy) is 2. The number of carbonyl (C=O) groups is 2. The highest BCUT2D eigenvalue weighted by molar-refractivity contribution is 6.42. The Morgan fingerprint density at radius 1 is 1.14 bits per heavy atom. The zero-order valence-electron chi connectivity index (χ0n) is 14.6. The van der Waals surface area contributed by atoms with Crippen molar-refractivity contribution in [1.82, 2.24) is 4.98 Å². The number of para-hydroxylation sites is 1. The molecule has 7 nitrogen and oxygen atoms in total. The number of rotatable bonds is 6. The minimum atomic E-state index is -0.674. The van der Waals surface area contributed by atoms with Crippen molar-refractivity contribution in [1.29, 1.82) is 0 Å². The van der Waals surface area contributed by atoms with Crippen LogP contribution in [0.3, 0.4) is 0 Å². The van der Waals surface area contributed by atoms with E-state index < -0.39 is 11.8 Å². The minimum absolute atomic E-state index is 0.0152. The second kappa shape index (κ2) is 8.41. The smallest absolute Gasteiger partial charge is 0.344 e. The van der Waals surface area contributed by atoms with Crippen LogP contribution in [-0.2, 0) is 16.1 Å². The predicted molar refractivity (Wildman–Crippen MR) is 102 cm³/mol. The van der Waals surface area contributed by atoms with Gasteiger partial charge in [0.2, 0.25) is 11.3 Å². The molecule has 0 spiro atoms. The van der Waals surface area contributed by atoms with Crippen LogP contribution in [-0.4, -0.2) is 23.3 Å². The molecule has 2 aromatic carbocycles. The Morgan fingerprint density at radius 3 is 2.50 bits per heavy atom. The summed E-state index contributed by atoms with van der Waals surface area (Å²) in [4.78, 5) is 28.1. The highest BCUT2D eigenvalue weighted by atomic mass is 35.5. The van der Waals surface area contributed by atoms with E-state index in [4.69, 9.17) is 32.7 Å². The fourth-order valence-corrected chi connectivity index (χ4v) is 2.83. The summed E-state index contributed by atoms with van der Waals surface area (Å²) in [5.41, 5.74) is 0.0900. The number of ketones is 1. The van der Waals surface area contributed by atoms with Gasteiger partial charge in [0.15, 0.2) is 12.3 Å². The van der Waals surface area contributed by atoms with Crippen molar-refractivity contribution in [2.75, 3.05) is 6.61 Å². The topological polar surface area (TPSA) is 92.4 Å². The Bertz CT molecular complexity index is 1060. The highest BCUT2D eigenvalue weighted by Crippen LogP contribution is 2.26. The standard InChI is InChI=1S/C19H14Cl2N2O5/c1-11(24)19-16(9-28-18(25)10-27-12-5-3-2-4-6-12)22-15-7-13(20)14(21)8-17(15)23(19)26/h2-8H,9-10H2,1H3. The van der Waals surface area contributed by atoms with Crippen LogP contribution in [0.5, 0.6) is 5.75 Å². The van der Waals surface area contributed by atoms with Gasteiger partial charge in [0.05, 0.1) is 10.0 Å². The highest BCUT2D eigenvalue weighted by Gasteiger charge is 2.25. The molecule has 0 saturated heterocycles. The van der Waals surface area contributed by atoms with Gasteiger partial charge in [-0.1, -0.05) is 41.4 Å². The Labute approximate surface area is 170 Å². The molecule has 1 aromatic heterocycles. The van der Waals surface area contributed by atoms with Crippen molar-refractivity contribution in [2.24, 2.45) is 0 Å². The fourth-order valence-electron chi connectivity index (χ4n) is 2.51. The van der Waals surface area contributed by atoms with Gasteiger partial charge in [-0.05, 0) is 18.2 Å². The van der Waals surface area contributed by atoms with Gasteiger partial charge in [-0.3, -0.25) is 4.79 Å². The lowest BCUT2D eigenvalue weighted by Gasteiger charge is -2.11. The maximum atomic E-state index is 12.6. The quantitative estimate of drug-likeness (QED) is 0.262. The molecule has 28 heavy (non-hydrogen) atoms. The van der Waals surface area contributed by atoms with Crippen LogP contribution in [0.15, 0.2) is 42.5 Å². The van der Waals surface area contributed by atoms with Crippen molar-refractivity contribution < 1.29 is 23.8 Å². The van der Waals surface area contributed by atoms with Gasteiger partial charge in [-0.25, -0.2) is 9.78 Å². The summed E-state index contributed by atoms with van der Waals surface area (Å²) in [7, 11) is 0. The third-order valence-corrected chi connectivity index (χ3v) is 4.49. The van der Waals surface area contributed by atoms with Crippen LogP contribution in [0.4, 0.5) is 0 Å². The van der Waals surface area contributed by atoms with Crippen molar-refractivity contribution >= 4 is 46.0 Å². The summed E-state index contributed by atoms with van der Waals surface area (Å²) in [5.74, 6) is -0.689. The van der Waals surface area contributed by atoms with Crippen LogP contribution in [0.25, 0.3) is 11.0 Å². The molecule has 0 aliphatic carbocycles. The number of halogens is 2. The zero-order valence-corrected chi connectivity index (χ0v) is 16.2. The summed E-state index contributed by atoms with van der Waals surface area (Å²) in [6.45, 7) is 0.523. The van der Waals surface area contributed by atoms with E-state index >= 15 is 0 Å². The van der Waals surface area contributed by atoms with Crippen LogP contribution in [0, 0.1) is 5.21 Å². The van der Waals surface area contributed by atoms with E-state index in [0.29, 0.717) is 10.5 Å². The SMILES string of the molecule is CC(=O)c1c(COC(=O)COc2ccccc2)nc2cc(Cl)c(Cl)cc2[n+]1[O-]. The molecule has 0 N–H and O–H groups in total.